The molecule has 0 unspecified atom stereocenters. The molecule has 7 nitrogen and oxygen atoms in total. The highest BCUT2D eigenvalue weighted by atomic mass is 35.5. The molecule has 2 fully saturated rings. The number of benzene rings is 1. The third kappa shape index (κ3) is 5.20. The van der Waals surface area contributed by atoms with Crippen molar-refractivity contribution in [3.05, 3.63) is 52.9 Å². The number of hydrogen-bond acceptors (Lipinski definition) is 5. The van der Waals surface area contributed by atoms with Crippen molar-refractivity contribution < 1.29 is 17.6 Å². The van der Waals surface area contributed by atoms with Gasteiger partial charge in [-0.1, -0.05) is 24.4 Å². The summed E-state index contributed by atoms with van der Waals surface area (Å²) in [6.07, 6.45) is 7.61. The quantitative estimate of drug-likeness (QED) is 0.647. The molecule has 4 rings (SSSR count). The first kappa shape index (κ1) is 23.3. The molecule has 2 aliphatic rings. The van der Waals surface area contributed by atoms with Crippen LogP contribution >= 0.6 is 11.6 Å². The van der Waals surface area contributed by atoms with Crippen molar-refractivity contribution >= 4 is 27.5 Å². The molecule has 9 heteroatoms. The van der Waals surface area contributed by atoms with Crippen LogP contribution in [0.25, 0.3) is 0 Å². The van der Waals surface area contributed by atoms with Crippen LogP contribution in [0.4, 0.5) is 0 Å². The van der Waals surface area contributed by atoms with E-state index in [2.05, 4.69) is 10.2 Å². The zero-order chi connectivity index (χ0) is 22.6. The molecule has 1 aromatic heterocycles. The lowest BCUT2D eigenvalue weighted by atomic mass is 10.1. The van der Waals surface area contributed by atoms with Gasteiger partial charge in [-0.2, -0.15) is 4.31 Å². The number of furan rings is 1. The van der Waals surface area contributed by atoms with Crippen LogP contribution < -0.4 is 5.32 Å². The second kappa shape index (κ2) is 10.4. The summed E-state index contributed by atoms with van der Waals surface area (Å²) in [6, 6.07) is 8.17. The maximum absolute atomic E-state index is 13.2. The first-order chi connectivity index (χ1) is 15.5. The first-order valence-corrected chi connectivity index (χ1v) is 13.1. The van der Waals surface area contributed by atoms with Crippen LogP contribution in [0.5, 0.6) is 0 Å². The summed E-state index contributed by atoms with van der Waals surface area (Å²) < 4.78 is 33.5. The zero-order valence-corrected chi connectivity index (χ0v) is 19.7. The van der Waals surface area contributed by atoms with E-state index < -0.39 is 10.0 Å². The third-order valence-electron chi connectivity index (χ3n) is 6.29. The largest absolute Gasteiger partial charge is 0.468 e. The molecule has 1 N–H and O–H groups in total. The molecular formula is C23H30ClN3O4S. The molecule has 1 amide bonds. The lowest BCUT2D eigenvalue weighted by Crippen LogP contribution is -2.36. The van der Waals surface area contributed by atoms with Gasteiger partial charge >= 0.3 is 0 Å². The van der Waals surface area contributed by atoms with Crippen LogP contribution in [-0.4, -0.2) is 56.3 Å². The Morgan fingerprint density at radius 3 is 2.38 bits per heavy atom. The van der Waals surface area contributed by atoms with Crippen LogP contribution in [0.3, 0.4) is 0 Å². The Morgan fingerprint density at radius 1 is 1.03 bits per heavy atom. The minimum Gasteiger partial charge on any atom is -0.468 e. The number of likely N-dealkylation sites (tertiary alicyclic amines) is 1. The molecule has 0 radical (unpaired) electrons. The minimum atomic E-state index is -3.75. The Labute approximate surface area is 194 Å². The van der Waals surface area contributed by atoms with Crippen molar-refractivity contribution in [2.75, 3.05) is 32.7 Å². The topological polar surface area (TPSA) is 82.9 Å². The number of rotatable bonds is 7. The number of amides is 1. The van der Waals surface area contributed by atoms with Gasteiger partial charge in [0.25, 0.3) is 5.91 Å². The Kier molecular flexibility index (Phi) is 7.55. The van der Waals surface area contributed by atoms with Gasteiger partial charge in [0, 0.05) is 25.2 Å². The van der Waals surface area contributed by atoms with E-state index in [0.717, 1.165) is 57.4 Å². The summed E-state index contributed by atoms with van der Waals surface area (Å²) in [7, 11) is -3.75. The van der Waals surface area contributed by atoms with Gasteiger partial charge in [-0.3, -0.25) is 9.69 Å². The van der Waals surface area contributed by atoms with Gasteiger partial charge in [0.05, 0.1) is 17.3 Å². The van der Waals surface area contributed by atoms with Gasteiger partial charge in [-0.05, 0) is 69.1 Å². The maximum Gasteiger partial charge on any atom is 0.251 e. The molecule has 0 saturated carbocycles. The number of carbonyl (C=O) groups excluding carboxylic acids is 1. The molecule has 0 aliphatic carbocycles. The second-order valence-electron chi connectivity index (χ2n) is 8.45. The standard InChI is InChI=1S/C23H30ClN3O4S/c24-19-10-9-18(16-22(19)32(29,30)27-13-3-1-2-4-14-27)23(28)25-17-20(21-8-7-15-31-21)26-11-5-6-12-26/h7-10,15-16,20H,1-6,11-14,17H2,(H,25,28)/t20-/m1/s1. The predicted molar refractivity (Wildman–Crippen MR) is 123 cm³/mol. The van der Waals surface area contributed by atoms with E-state index in [-0.39, 0.29) is 27.4 Å². The van der Waals surface area contributed by atoms with Crippen LogP contribution in [0.15, 0.2) is 45.9 Å². The fraction of sp³-hybridized carbons (Fsp3) is 0.522. The Balaban J connectivity index is 1.50. The van der Waals surface area contributed by atoms with E-state index in [0.29, 0.717) is 19.6 Å². The number of carbonyl (C=O) groups is 1. The Morgan fingerprint density at radius 2 is 1.72 bits per heavy atom. The second-order valence-corrected chi connectivity index (χ2v) is 10.8. The Hall–Kier alpha value is -1.87. The summed E-state index contributed by atoms with van der Waals surface area (Å²) >= 11 is 6.27. The monoisotopic (exact) mass is 479 g/mol. The normalized spacial score (nSPS) is 19.5. The van der Waals surface area contributed by atoms with E-state index in [1.165, 1.54) is 16.4 Å². The van der Waals surface area contributed by atoms with E-state index >= 15 is 0 Å². The lowest BCUT2D eigenvalue weighted by Gasteiger charge is -2.26. The van der Waals surface area contributed by atoms with Crippen LogP contribution in [0, 0.1) is 0 Å². The minimum absolute atomic E-state index is 0.00385. The van der Waals surface area contributed by atoms with Gasteiger partial charge in [0.1, 0.15) is 10.7 Å². The highest BCUT2D eigenvalue weighted by Gasteiger charge is 2.29. The molecular weight excluding hydrogens is 450 g/mol. The molecule has 2 saturated heterocycles. The first-order valence-electron chi connectivity index (χ1n) is 11.3. The molecule has 1 atom stereocenters. The molecule has 32 heavy (non-hydrogen) atoms. The van der Waals surface area contributed by atoms with Gasteiger partial charge in [0.15, 0.2) is 0 Å². The van der Waals surface area contributed by atoms with Crippen molar-refractivity contribution in [2.24, 2.45) is 0 Å². The lowest BCUT2D eigenvalue weighted by molar-refractivity contribution is 0.0933. The number of nitrogens with one attached hydrogen (secondary N) is 1. The van der Waals surface area contributed by atoms with Crippen LogP contribution in [-0.2, 0) is 10.0 Å². The number of nitrogens with zero attached hydrogens (tertiary/aromatic N) is 2. The van der Waals surface area contributed by atoms with Crippen molar-refractivity contribution in [3.63, 3.8) is 0 Å². The molecule has 174 valence electrons. The van der Waals surface area contributed by atoms with Gasteiger partial charge in [-0.15, -0.1) is 0 Å². The number of sulfonamides is 1. The maximum atomic E-state index is 13.2. The third-order valence-corrected chi connectivity index (χ3v) is 8.67. The van der Waals surface area contributed by atoms with E-state index in [1.54, 1.807) is 12.3 Å². The van der Waals surface area contributed by atoms with Crippen LogP contribution in [0.2, 0.25) is 5.02 Å². The highest BCUT2D eigenvalue weighted by molar-refractivity contribution is 7.89. The van der Waals surface area contributed by atoms with Crippen LogP contribution in [0.1, 0.15) is 60.7 Å². The highest BCUT2D eigenvalue weighted by Crippen LogP contribution is 2.28. The van der Waals surface area contributed by atoms with Crippen molar-refractivity contribution in [2.45, 2.75) is 49.5 Å². The van der Waals surface area contributed by atoms with Crippen molar-refractivity contribution in [3.8, 4) is 0 Å². The van der Waals surface area contributed by atoms with Gasteiger partial charge in [-0.25, -0.2) is 8.42 Å². The fourth-order valence-electron chi connectivity index (χ4n) is 4.50. The molecule has 2 aromatic rings. The van der Waals surface area contributed by atoms with Gasteiger partial charge in [0.2, 0.25) is 10.0 Å². The molecule has 0 spiro atoms. The summed E-state index contributed by atoms with van der Waals surface area (Å²) in [5, 5.41) is 3.10. The van der Waals surface area contributed by atoms with E-state index in [9.17, 15) is 13.2 Å². The molecule has 3 heterocycles. The smallest absolute Gasteiger partial charge is 0.251 e. The number of hydrogen-bond donors (Lipinski definition) is 1. The van der Waals surface area contributed by atoms with Crippen molar-refractivity contribution in [1.82, 2.24) is 14.5 Å². The van der Waals surface area contributed by atoms with E-state index in [4.69, 9.17) is 16.0 Å². The summed E-state index contributed by atoms with van der Waals surface area (Å²) in [5.74, 6) is 0.484. The molecule has 2 aliphatic heterocycles. The Bertz CT molecular complexity index is 1010. The van der Waals surface area contributed by atoms with Crippen molar-refractivity contribution in [1.29, 1.82) is 0 Å². The SMILES string of the molecule is O=C(NC[C@H](c1ccco1)N1CCCC1)c1ccc(Cl)c(S(=O)(=O)N2CCCCCC2)c1. The summed E-state index contributed by atoms with van der Waals surface area (Å²) in [6.45, 7) is 3.26. The fourth-order valence-corrected chi connectivity index (χ4v) is 6.52. The average Bonchev–Trinajstić information content (AvgIpc) is 3.44. The van der Waals surface area contributed by atoms with Gasteiger partial charge < -0.3 is 9.73 Å². The summed E-state index contributed by atoms with van der Waals surface area (Å²) in [5.41, 5.74) is 0.280. The number of halogens is 1. The molecule has 1 aromatic carbocycles. The molecule has 0 bridgehead atoms. The van der Waals surface area contributed by atoms with E-state index in [1.807, 2.05) is 12.1 Å². The predicted octanol–water partition coefficient (Wildman–Crippen LogP) is 4.06. The zero-order valence-electron chi connectivity index (χ0n) is 18.1. The summed E-state index contributed by atoms with van der Waals surface area (Å²) in [4.78, 5) is 15.2. The average molecular weight is 480 g/mol.